The van der Waals surface area contributed by atoms with Gasteiger partial charge in [-0.05, 0) is 12.8 Å². The minimum Gasteiger partial charge on any atom is -0.483 e. The number of carbonyl (C=O) groups is 2. The highest BCUT2D eigenvalue weighted by atomic mass is 32.1. The lowest BCUT2D eigenvalue weighted by atomic mass is 9.87. The summed E-state index contributed by atoms with van der Waals surface area (Å²) in [5.74, 6) is 0.780. The molecule has 9 nitrogen and oxygen atoms in total. The molecule has 2 saturated heterocycles. The second-order valence-electron chi connectivity index (χ2n) is 7.23. The molecular formula is C19H26N4O5S. The van der Waals surface area contributed by atoms with E-state index in [9.17, 15) is 4.79 Å². The molecule has 0 bridgehead atoms. The third kappa shape index (κ3) is 5.84. The van der Waals surface area contributed by atoms with Crippen molar-refractivity contribution in [3.63, 3.8) is 0 Å². The molecule has 0 saturated carbocycles. The molecule has 10 heteroatoms. The summed E-state index contributed by atoms with van der Waals surface area (Å²) in [6.45, 7) is 6.08. The van der Waals surface area contributed by atoms with Gasteiger partial charge in [-0.3, -0.25) is 19.5 Å². The van der Waals surface area contributed by atoms with Gasteiger partial charge >= 0.3 is 0 Å². The van der Waals surface area contributed by atoms with E-state index in [1.807, 2.05) is 23.5 Å². The van der Waals surface area contributed by atoms with Crippen molar-refractivity contribution in [2.45, 2.75) is 44.9 Å². The van der Waals surface area contributed by atoms with Crippen LogP contribution in [0.2, 0.25) is 0 Å². The summed E-state index contributed by atoms with van der Waals surface area (Å²) < 4.78 is 11.5. The monoisotopic (exact) mass is 422 g/mol. The zero-order valence-electron chi connectivity index (χ0n) is 16.5. The number of amides is 1. The summed E-state index contributed by atoms with van der Waals surface area (Å²) in [6, 6.07) is 0. The molecule has 2 fully saturated rings. The lowest BCUT2D eigenvalue weighted by Gasteiger charge is -2.40. The molecule has 4 heterocycles. The maximum absolute atomic E-state index is 12.8. The van der Waals surface area contributed by atoms with Crippen molar-refractivity contribution >= 4 is 23.7 Å². The van der Waals surface area contributed by atoms with Gasteiger partial charge in [0, 0.05) is 44.2 Å². The lowest BCUT2D eigenvalue weighted by molar-refractivity contribution is -0.136. The van der Waals surface area contributed by atoms with E-state index in [1.54, 1.807) is 17.6 Å². The molecule has 1 spiro atoms. The number of rotatable bonds is 4. The Morgan fingerprint density at radius 2 is 2.07 bits per heavy atom. The maximum atomic E-state index is 12.8. The summed E-state index contributed by atoms with van der Waals surface area (Å²) in [4.78, 5) is 35.2. The standard InChI is InChI=1S/C18H24N4O3S.CH2O2/c1-14-20-15(12-24-14)10-22-6-7-25-18(8-17(22)23)2-4-21(5-3-18)11-16-9-19-13-26-16;2-1-3/h9,12-13H,2-8,10-11H2,1H3;1H,(H,2,3). The second kappa shape index (κ2) is 9.95. The first-order valence-electron chi connectivity index (χ1n) is 9.54. The topological polar surface area (TPSA) is 109 Å². The van der Waals surface area contributed by atoms with Crippen LogP contribution in [0.3, 0.4) is 0 Å². The fourth-order valence-electron chi connectivity index (χ4n) is 3.76. The van der Waals surface area contributed by atoms with E-state index < -0.39 is 0 Å². The van der Waals surface area contributed by atoms with Crippen LogP contribution in [0, 0.1) is 6.92 Å². The lowest BCUT2D eigenvalue weighted by Crippen LogP contribution is -2.46. The fourth-order valence-corrected chi connectivity index (χ4v) is 4.40. The van der Waals surface area contributed by atoms with Crippen LogP contribution in [0.25, 0.3) is 0 Å². The van der Waals surface area contributed by atoms with Gasteiger partial charge < -0.3 is 19.2 Å². The number of aryl methyl sites for hydroxylation is 1. The number of nitrogens with zero attached hydrogens (tertiary/aromatic N) is 4. The van der Waals surface area contributed by atoms with Gasteiger partial charge in [0.05, 0.1) is 36.4 Å². The van der Waals surface area contributed by atoms with Crippen LogP contribution in [0.5, 0.6) is 0 Å². The minimum atomic E-state index is -0.310. The Bertz CT molecular complexity index is 786. The van der Waals surface area contributed by atoms with Crippen molar-refractivity contribution in [2.24, 2.45) is 0 Å². The zero-order chi connectivity index (χ0) is 20.7. The Balaban J connectivity index is 0.000000755. The van der Waals surface area contributed by atoms with Crippen molar-refractivity contribution in [1.82, 2.24) is 19.8 Å². The van der Waals surface area contributed by atoms with Crippen molar-refractivity contribution in [2.75, 3.05) is 26.2 Å². The van der Waals surface area contributed by atoms with Gasteiger partial charge in [-0.25, -0.2) is 4.98 Å². The zero-order valence-corrected chi connectivity index (χ0v) is 17.3. The first-order valence-corrected chi connectivity index (χ1v) is 10.4. The van der Waals surface area contributed by atoms with E-state index in [0.29, 0.717) is 32.0 Å². The quantitative estimate of drug-likeness (QED) is 0.745. The molecule has 158 valence electrons. The highest BCUT2D eigenvalue weighted by Gasteiger charge is 2.40. The highest BCUT2D eigenvalue weighted by Crippen LogP contribution is 2.33. The van der Waals surface area contributed by atoms with E-state index in [4.69, 9.17) is 19.1 Å². The summed E-state index contributed by atoms with van der Waals surface area (Å²) in [6.07, 6.45) is 5.81. The van der Waals surface area contributed by atoms with Gasteiger partial charge in [0.2, 0.25) is 5.91 Å². The molecular weight excluding hydrogens is 396 g/mol. The number of thiazole rings is 1. The van der Waals surface area contributed by atoms with Crippen LogP contribution in [0.15, 0.2) is 22.4 Å². The second-order valence-corrected chi connectivity index (χ2v) is 8.20. The van der Waals surface area contributed by atoms with Crippen LogP contribution in [0.1, 0.15) is 35.7 Å². The average molecular weight is 423 g/mol. The molecule has 1 amide bonds. The van der Waals surface area contributed by atoms with E-state index in [2.05, 4.69) is 14.9 Å². The number of likely N-dealkylation sites (tertiary alicyclic amines) is 1. The molecule has 1 N–H and O–H groups in total. The molecule has 2 aliphatic heterocycles. The van der Waals surface area contributed by atoms with Crippen LogP contribution < -0.4 is 0 Å². The van der Waals surface area contributed by atoms with Gasteiger partial charge in [-0.1, -0.05) is 0 Å². The fraction of sp³-hybridized carbons (Fsp3) is 0.579. The molecule has 0 aliphatic carbocycles. The smallest absolute Gasteiger partial charge is 0.290 e. The SMILES string of the molecule is Cc1nc(CN2CCOC3(CCN(Cc4cncs4)CC3)CC2=O)co1.O=CO. The molecule has 2 aliphatic rings. The predicted octanol–water partition coefficient (Wildman–Crippen LogP) is 1.92. The Hall–Kier alpha value is -2.30. The van der Waals surface area contributed by atoms with Crippen molar-refractivity contribution in [1.29, 1.82) is 0 Å². The van der Waals surface area contributed by atoms with Crippen LogP contribution in [-0.4, -0.2) is 69.1 Å². The molecule has 29 heavy (non-hydrogen) atoms. The number of carboxylic acid groups (broad SMARTS) is 1. The summed E-state index contributed by atoms with van der Waals surface area (Å²) in [7, 11) is 0. The van der Waals surface area contributed by atoms with E-state index in [1.165, 1.54) is 4.88 Å². The third-order valence-electron chi connectivity index (χ3n) is 5.25. The Labute approximate surface area is 173 Å². The molecule has 2 aromatic heterocycles. The highest BCUT2D eigenvalue weighted by molar-refractivity contribution is 7.09. The van der Waals surface area contributed by atoms with E-state index in [0.717, 1.165) is 38.2 Å². The molecule has 4 rings (SSSR count). The number of hydrogen-bond donors (Lipinski definition) is 1. The summed E-state index contributed by atoms with van der Waals surface area (Å²) in [5.41, 5.74) is 2.36. The third-order valence-corrected chi connectivity index (χ3v) is 6.01. The van der Waals surface area contributed by atoms with Gasteiger partial charge in [0.25, 0.3) is 6.47 Å². The van der Waals surface area contributed by atoms with Gasteiger partial charge in [-0.2, -0.15) is 0 Å². The number of oxazole rings is 1. The molecule has 0 radical (unpaired) electrons. The van der Waals surface area contributed by atoms with Crippen molar-refractivity contribution < 1.29 is 23.8 Å². The number of carbonyl (C=O) groups excluding carboxylic acids is 1. The number of piperidine rings is 1. The molecule has 2 aromatic rings. The molecule has 0 unspecified atom stereocenters. The Morgan fingerprint density at radius 3 is 2.69 bits per heavy atom. The van der Waals surface area contributed by atoms with E-state index >= 15 is 0 Å². The first-order chi connectivity index (χ1) is 14.0. The molecule has 0 aromatic carbocycles. The van der Waals surface area contributed by atoms with Crippen molar-refractivity contribution in [3.8, 4) is 0 Å². The van der Waals surface area contributed by atoms with Gasteiger partial charge in [0.15, 0.2) is 5.89 Å². The van der Waals surface area contributed by atoms with Crippen LogP contribution in [-0.2, 0) is 27.4 Å². The number of ether oxygens (including phenoxy) is 1. The van der Waals surface area contributed by atoms with Gasteiger partial charge in [0.1, 0.15) is 6.26 Å². The number of aromatic nitrogens is 2. The van der Waals surface area contributed by atoms with Gasteiger partial charge in [-0.15, -0.1) is 11.3 Å². The van der Waals surface area contributed by atoms with Crippen molar-refractivity contribution in [3.05, 3.63) is 34.4 Å². The maximum Gasteiger partial charge on any atom is 0.290 e. The minimum absolute atomic E-state index is 0.152. The average Bonchev–Trinajstić information content (AvgIpc) is 3.32. The molecule has 0 atom stereocenters. The normalized spacial score (nSPS) is 19.5. The predicted molar refractivity (Wildman–Crippen MR) is 105 cm³/mol. The Kier molecular flexibility index (Phi) is 7.34. The Morgan fingerprint density at radius 1 is 1.31 bits per heavy atom. The first kappa shape index (κ1) is 21.4. The van der Waals surface area contributed by atoms with Crippen LogP contribution in [0.4, 0.5) is 0 Å². The number of hydrogen-bond acceptors (Lipinski definition) is 8. The van der Waals surface area contributed by atoms with Crippen LogP contribution >= 0.6 is 11.3 Å². The van der Waals surface area contributed by atoms with E-state index in [-0.39, 0.29) is 18.0 Å². The largest absolute Gasteiger partial charge is 0.483 e. The summed E-state index contributed by atoms with van der Waals surface area (Å²) in [5, 5.41) is 6.89. The summed E-state index contributed by atoms with van der Waals surface area (Å²) >= 11 is 1.69.